The van der Waals surface area contributed by atoms with Crippen LogP contribution in [0.25, 0.3) is 0 Å². The Balaban J connectivity index is 1.60. The van der Waals surface area contributed by atoms with Gasteiger partial charge in [0.15, 0.2) is 0 Å². The van der Waals surface area contributed by atoms with Crippen LogP contribution in [0.4, 0.5) is 10.1 Å². The number of benzene rings is 2. The fraction of sp³-hybridized carbons (Fsp3) is 0.417. The summed E-state index contributed by atoms with van der Waals surface area (Å²) >= 11 is 0. The molecular formula is C24H30FN3O4S. The van der Waals surface area contributed by atoms with E-state index in [1.165, 1.54) is 16.4 Å². The molecule has 0 aromatic heterocycles. The molecule has 1 aliphatic heterocycles. The predicted molar refractivity (Wildman–Crippen MR) is 125 cm³/mol. The first kappa shape index (κ1) is 24.9. The van der Waals surface area contributed by atoms with Crippen molar-refractivity contribution in [3.05, 3.63) is 58.9 Å². The molecule has 1 atom stereocenters. The van der Waals surface area contributed by atoms with Crippen LogP contribution >= 0.6 is 0 Å². The lowest BCUT2D eigenvalue weighted by molar-refractivity contribution is -0.136. The van der Waals surface area contributed by atoms with Crippen molar-refractivity contribution >= 4 is 27.5 Å². The number of anilines is 1. The number of sulfonamides is 1. The Morgan fingerprint density at radius 1 is 1.00 bits per heavy atom. The number of halogens is 1. The third-order valence-corrected chi connectivity index (χ3v) is 8.14. The number of rotatable bonds is 6. The zero-order valence-corrected chi connectivity index (χ0v) is 20.0. The van der Waals surface area contributed by atoms with Gasteiger partial charge in [0.25, 0.3) is 0 Å². The Bertz CT molecular complexity index is 1150. The van der Waals surface area contributed by atoms with E-state index in [0.29, 0.717) is 30.6 Å². The summed E-state index contributed by atoms with van der Waals surface area (Å²) in [6.45, 7) is 5.98. The lowest BCUT2D eigenvalue weighted by atomic mass is 10.0. The van der Waals surface area contributed by atoms with Crippen LogP contribution in [0.3, 0.4) is 0 Å². The van der Waals surface area contributed by atoms with Crippen LogP contribution in [0.15, 0.2) is 41.3 Å². The summed E-state index contributed by atoms with van der Waals surface area (Å²) < 4.78 is 41.4. The number of hydrogen-bond donors (Lipinski definition) is 2. The number of piperidine rings is 1. The molecule has 3 rings (SSSR count). The second kappa shape index (κ2) is 10.4. The summed E-state index contributed by atoms with van der Waals surface area (Å²) in [7, 11) is -3.80. The Hall–Kier alpha value is -2.78. The first-order chi connectivity index (χ1) is 15.6. The highest BCUT2D eigenvalue weighted by Gasteiger charge is 2.34. The van der Waals surface area contributed by atoms with Gasteiger partial charge in [-0.2, -0.15) is 4.31 Å². The number of carbonyl (C=O) groups excluding carboxylic acids is 2. The molecule has 1 unspecified atom stereocenters. The summed E-state index contributed by atoms with van der Waals surface area (Å²) in [6, 6.07) is 8.73. The van der Waals surface area contributed by atoms with Gasteiger partial charge in [-0.15, -0.1) is 0 Å². The lowest BCUT2D eigenvalue weighted by Gasteiger charge is -2.35. The molecule has 2 amide bonds. The second-order valence-electron chi connectivity index (χ2n) is 8.47. The topological polar surface area (TPSA) is 95.6 Å². The molecule has 33 heavy (non-hydrogen) atoms. The molecule has 2 aromatic carbocycles. The van der Waals surface area contributed by atoms with E-state index in [1.54, 1.807) is 19.1 Å². The third kappa shape index (κ3) is 5.97. The minimum absolute atomic E-state index is 0.0904. The molecule has 0 spiro atoms. The quantitative estimate of drug-likeness (QED) is 0.626. The summed E-state index contributed by atoms with van der Waals surface area (Å²) in [5, 5.41) is 5.16. The van der Waals surface area contributed by atoms with Gasteiger partial charge in [0.1, 0.15) is 5.82 Å². The molecule has 0 aliphatic carbocycles. The van der Waals surface area contributed by atoms with E-state index >= 15 is 0 Å². The van der Waals surface area contributed by atoms with E-state index in [2.05, 4.69) is 10.6 Å². The molecular weight excluding hydrogens is 445 g/mol. The Morgan fingerprint density at radius 2 is 1.76 bits per heavy atom. The van der Waals surface area contributed by atoms with Crippen molar-refractivity contribution in [2.24, 2.45) is 0 Å². The largest absolute Gasteiger partial charge is 0.348 e. The highest BCUT2D eigenvalue weighted by molar-refractivity contribution is 7.89. The summed E-state index contributed by atoms with van der Waals surface area (Å²) in [6.07, 6.45) is 2.65. The SMILES string of the molecule is Cc1ccc(NC(=O)C(=O)NCCC2CCCCN2S(=O)(=O)c2ccc(F)cc2C)cc1C. The second-order valence-corrected chi connectivity index (χ2v) is 10.3. The van der Waals surface area contributed by atoms with Gasteiger partial charge in [-0.3, -0.25) is 9.59 Å². The standard InChI is InChI=1S/C24H30FN3O4S/c1-16-7-9-20(15-17(16)2)27-24(30)23(29)26-12-11-21-6-4-5-13-28(21)33(31,32)22-10-8-19(25)14-18(22)3/h7-10,14-15,21H,4-6,11-13H2,1-3H3,(H,26,29)(H,27,30). The van der Waals surface area contributed by atoms with Crippen LogP contribution < -0.4 is 10.6 Å². The van der Waals surface area contributed by atoms with Crippen molar-refractivity contribution in [3.8, 4) is 0 Å². The van der Waals surface area contributed by atoms with E-state index < -0.39 is 27.7 Å². The van der Waals surface area contributed by atoms with Crippen molar-refractivity contribution in [1.29, 1.82) is 0 Å². The molecule has 9 heteroatoms. The van der Waals surface area contributed by atoms with Gasteiger partial charge < -0.3 is 10.6 Å². The third-order valence-electron chi connectivity index (χ3n) is 6.03. The lowest BCUT2D eigenvalue weighted by Crippen LogP contribution is -2.46. The molecule has 0 saturated carbocycles. The maximum atomic E-state index is 13.5. The van der Waals surface area contributed by atoms with Crippen LogP contribution in [0.5, 0.6) is 0 Å². The van der Waals surface area contributed by atoms with Gasteiger partial charge in [0.2, 0.25) is 10.0 Å². The zero-order chi connectivity index (χ0) is 24.2. The number of carbonyl (C=O) groups is 2. The number of aryl methyl sites for hydroxylation is 3. The highest BCUT2D eigenvalue weighted by Crippen LogP contribution is 2.28. The minimum Gasteiger partial charge on any atom is -0.348 e. The molecule has 2 N–H and O–H groups in total. The molecule has 1 aliphatic rings. The molecule has 7 nitrogen and oxygen atoms in total. The molecule has 1 saturated heterocycles. The van der Waals surface area contributed by atoms with Crippen LogP contribution in [0.2, 0.25) is 0 Å². The molecule has 0 radical (unpaired) electrons. The molecule has 0 bridgehead atoms. The Labute approximate surface area is 194 Å². The van der Waals surface area contributed by atoms with Gasteiger partial charge in [-0.05, 0) is 87.1 Å². The number of nitrogens with one attached hydrogen (secondary N) is 2. The van der Waals surface area contributed by atoms with E-state index in [9.17, 15) is 22.4 Å². The Morgan fingerprint density at radius 3 is 2.45 bits per heavy atom. The fourth-order valence-electron chi connectivity index (χ4n) is 4.05. The van der Waals surface area contributed by atoms with E-state index in [4.69, 9.17) is 0 Å². The monoisotopic (exact) mass is 475 g/mol. The van der Waals surface area contributed by atoms with E-state index in [1.807, 2.05) is 19.9 Å². The van der Waals surface area contributed by atoms with Crippen molar-refractivity contribution in [3.63, 3.8) is 0 Å². The number of hydrogen-bond acceptors (Lipinski definition) is 4. The van der Waals surface area contributed by atoms with Gasteiger partial charge in [0, 0.05) is 24.8 Å². The summed E-state index contributed by atoms with van der Waals surface area (Å²) in [5.41, 5.74) is 2.98. The molecule has 1 heterocycles. The van der Waals surface area contributed by atoms with E-state index in [-0.39, 0.29) is 17.5 Å². The first-order valence-corrected chi connectivity index (χ1v) is 12.5. The number of nitrogens with zero attached hydrogens (tertiary/aromatic N) is 1. The van der Waals surface area contributed by atoms with Gasteiger partial charge >= 0.3 is 11.8 Å². The summed E-state index contributed by atoms with van der Waals surface area (Å²) in [4.78, 5) is 24.5. The van der Waals surface area contributed by atoms with Crippen LogP contribution in [0.1, 0.15) is 42.4 Å². The van der Waals surface area contributed by atoms with Crippen molar-refractivity contribution < 1.29 is 22.4 Å². The van der Waals surface area contributed by atoms with Gasteiger partial charge in [-0.25, -0.2) is 12.8 Å². The van der Waals surface area contributed by atoms with Crippen molar-refractivity contribution in [2.75, 3.05) is 18.4 Å². The smallest absolute Gasteiger partial charge is 0.313 e. The van der Waals surface area contributed by atoms with Gasteiger partial charge in [0.05, 0.1) is 4.90 Å². The van der Waals surface area contributed by atoms with Crippen molar-refractivity contribution in [2.45, 2.75) is 57.4 Å². The average molecular weight is 476 g/mol. The van der Waals surface area contributed by atoms with Crippen LogP contribution in [0, 0.1) is 26.6 Å². The maximum Gasteiger partial charge on any atom is 0.313 e. The van der Waals surface area contributed by atoms with Crippen LogP contribution in [-0.4, -0.2) is 43.7 Å². The van der Waals surface area contributed by atoms with Crippen LogP contribution in [-0.2, 0) is 19.6 Å². The minimum atomic E-state index is -3.80. The Kier molecular flexibility index (Phi) is 7.86. The molecule has 178 valence electrons. The normalized spacial score (nSPS) is 16.9. The highest BCUT2D eigenvalue weighted by atomic mass is 32.2. The average Bonchev–Trinajstić information content (AvgIpc) is 2.76. The first-order valence-electron chi connectivity index (χ1n) is 11.0. The summed E-state index contributed by atoms with van der Waals surface area (Å²) in [5.74, 6) is -2.02. The molecule has 1 fully saturated rings. The predicted octanol–water partition coefficient (Wildman–Crippen LogP) is 3.44. The maximum absolute atomic E-state index is 13.5. The number of amides is 2. The molecule has 2 aromatic rings. The van der Waals surface area contributed by atoms with Crippen molar-refractivity contribution in [1.82, 2.24) is 9.62 Å². The van der Waals surface area contributed by atoms with Gasteiger partial charge in [-0.1, -0.05) is 12.5 Å². The zero-order valence-electron chi connectivity index (χ0n) is 19.2. The van der Waals surface area contributed by atoms with E-state index in [0.717, 1.165) is 30.0 Å². The fourth-order valence-corrected chi connectivity index (χ4v) is 5.98.